The summed E-state index contributed by atoms with van der Waals surface area (Å²) in [5.74, 6) is 1.76. The molecule has 0 aromatic carbocycles. The van der Waals surface area contributed by atoms with E-state index in [1.807, 2.05) is 19.2 Å². The van der Waals surface area contributed by atoms with Gasteiger partial charge in [0.2, 0.25) is 0 Å². The van der Waals surface area contributed by atoms with Crippen LogP contribution in [0.3, 0.4) is 0 Å². The van der Waals surface area contributed by atoms with Gasteiger partial charge in [0.05, 0.1) is 11.9 Å². The number of nitrogens with one attached hydrogen (secondary N) is 1. The van der Waals surface area contributed by atoms with Gasteiger partial charge in [-0.15, -0.1) is 0 Å². The summed E-state index contributed by atoms with van der Waals surface area (Å²) in [5, 5.41) is 3.50. The molecule has 2 rings (SSSR count). The summed E-state index contributed by atoms with van der Waals surface area (Å²) in [5.41, 5.74) is 2.21. The van der Waals surface area contributed by atoms with E-state index in [4.69, 9.17) is 0 Å². The summed E-state index contributed by atoms with van der Waals surface area (Å²) in [6.45, 7) is 6.58. The number of nitrogens with zero attached hydrogens (tertiary/aromatic N) is 1. The molecule has 1 aliphatic carbocycles. The van der Waals surface area contributed by atoms with E-state index in [0.717, 1.165) is 23.2 Å². The molecule has 1 saturated carbocycles. The van der Waals surface area contributed by atoms with Gasteiger partial charge in [0.15, 0.2) is 0 Å². The van der Waals surface area contributed by atoms with Gasteiger partial charge in [-0.05, 0) is 44.2 Å². The van der Waals surface area contributed by atoms with Gasteiger partial charge >= 0.3 is 0 Å². The van der Waals surface area contributed by atoms with E-state index in [2.05, 4.69) is 30.2 Å². The van der Waals surface area contributed by atoms with Crippen LogP contribution in [-0.2, 0) is 0 Å². The van der Waals surface area contributed by atoms with Crippen molar-refractivity contribution < 1.29 is 0 Å². The Labute approximate surface area is 85.7 Å². The van der Waals surface area contributed by atoms with Crippen molar-refractivity contribution in [1.82, 2.24) is 4.98 Å². The van der Waals surface area contributed by atoms with Crippen molar-refractivity contribution >= 4 is 5.69 Å². The highest BCUT2D eigenvalue weighted by Crippen LogP contribution is 2.41. The molecule has 0 aliphatic heterocycles. The first-order chi connectivity index (χ1) is 6.66. The zero-order valence-electron chi connectivity index (χ0n) is 9.12. The van der Waals surface area contributed by atoms with Crippen molar-refractivity contribution in [2.75, 3.05) is 5.32 Å². The van der Waals surface area contributed by atoms with Crippen LogP contribution >= 0.6 is 0 Å². The van der Waals surface area contributed by atoms with E-state index < -0.39 is 0 Å². The predicted octanol–water partition coefficient (Wildman–Crippen LogP) is 2.85. The Balaban J connectivity index is 1.93. The quantitative estimate of drug-likeness (QED) is 0.792. The molecule has 1 aliphatic rings. The number of aryl methyl sites for hydroxylation is 1. The van der Waals surface area contributed by atoms with Crippen LogP contribution in [0.15, 0.2) is 18.3 Å². The van der Waals surface area contributed by atoms with Gasteiger partial charge in [0.1, 0.15) is 0 Å². The molecule has 0 saturated heterocycles. The molecule has 0 bridgehead atoms. The number of anilines is 1. The number of rotatable bonds is 3. The molecular formula is C12H18N2. The summed E-state index contributed by atoms with van der Waals surface area (Å²) in [6.07, 6.45) is 3.28. The van der Waals surface area contributed by atoms with E-state index in [1.165, 1.54) is 6.42 Å². The minimum atomic E-state index is 0.578. The first kappa shape index (κ1) is 9.50. The van der Waals surface area contributed by atoms with Crippen LogP contribution in [0, 0.1) is 18.8 Å². The molecular weight excluding hydrogens is 172 g/mol. The highest BCUT2D eigenvalue weighted by molar-refractivity contribution is 5.42. The molecule has 1 fully saturated rings. The zero-order valence-corrected chi connectivity index (χ0v) is 9.12. The molecule has 1 heterocycles. The van der Waals surface area contributed by atoms with Gasteiger partial charge in [-0.25, -0.2) is 0 Å². The Morgan fingerprint density at radius 3 is 2.71 bits per heavy atom. The van der Waals surface area contributed by atoms with Crippen molar-refractivity contribution in [1.29, 1.82) is 0 Å². The van der Waals surface area contributed by atoms with Gasteiger partial charge in [-0.3, -0.25) is 4.98 Å². The first-order valence-electron chi connectivity index (χ1n) is 5.36. The fraction of sp³-hybridized carbons (Fsp3) is 0.583. The van der Waals surface area contributed by atoms with Crippen LogP contribution in [-0.4, -0.2) is 11.0 Å². The van der Waals surface area contributed by atoms with Crippen molar-refractivity contribution in [3.8, 4) is 0 Å². The molecule has 3 unspecified atom stereocenters. The molecule has 0 radical (unpaired) electrons. The molecule has 2 heteroatoms. The Morgan fingerprint density at radius 2 is 2.21 bits per heavy atom. The standard InChI is InChI=1S/C12H18N2/c1-8-6-12(8)10(3)14-11-5-4-9(2)13-7-11/h4-5,7-8,10,12,14H,6H2,1-3H3. The average Bonchev–Trinajstić information content (AvgIpc) is 2.87. The second kappa shape index (κ2) is 3.60. The highest BCUT2D eigenvalue weighted by atomic mass is 14.9. The van der Waals surface area contributed by atoms with Crippen LogP contribution in [0.4, 0.5) is 5.69 Å². The molecule has 1 N–H and O–H groups in total. The molecule has 1 aromatic rings. The smallest absolute Gasteiger partial charge is 0.0529 e. The highest BCUT2D eigenvalue weighted by Gasteiger charge is 2.37. The summed E-state index contributed by atoms with van der Waals surface area (Å²) in [4.78, 5) is 4.27. The Morgan fingerprint density at radius 1 is 1.50 bits per heavy atom. The number of aromatic nitrogens is 1. The van der Waals surface area contributed by atoms with Crippen molar-refractivity contribution in [2.24, 2.45) is 11.8 Å². The van der Waals surface area contributed by atoms with Crippen molar-refractivity contribution in [2.45, 2.75) is 33.2 Å². The lowest BCUT2D eigenvalue weighted by atomic mass is 10.2. The average molecular weight is 190 g/mol. The summed E-state index contributed by atoms with van der Waals surface area (Å²) in [7, 11) is 0. The molecule has 14 heavy (non-hydrogen) atoms. The zero-order chi connectivity index (χ0) is 10.1. The van der Waals surface area contributed by atoms with Gasteiger partial charge in [0, 0.05) is 11.7 Å². The third kappa shape index (κ3) is 2.06. The van der Waals surface area contributed by atoms with Crippen LogP contribution in [0.25, 0.3) is 0 Å². The maximum absolute atomic E-state index is 4.27. The van der Waals surface area contributed by atoms with Gasteiger partial charge < -0.3 is 5.32 Å². The normalized spacial score (nSPS) is 27.1. The minimum absolute atomic E-state index is 0.578. The maximum Gasteiger partial charge on any atom is 0.0529 e. The number of hydrogen-bond donors (Lipinski definition) is 1. The van der Waals surface area contributed by atoms with Crippen molar-refractivity contribution in [3.63, 3.8) is 0 Å². The van der Waals surface area contributed by atoms with Crippen LogP contribution in [0.5, 0.6) is 0 Å². The molecule has 1 aromatic heterocycles. The monoisotopic (exact) mass is 190 g/mol. The lowest BCUT2D eigenvalue weighted by molar-refractivity contribution is 0.645. The Kier molecular flexibility index (Phi) is 2.44. The fourth-order valence-electron chi connectivity index (χ4n) is 1.97. The first-order valence-corrected chi connectivity index (χ1v) is 5.36. The van der Waals surface area contributed by atoms with E-state index in [1.54, 1.807) is 0 Å². The summed E-state index contributed by atoms with van der Waals surface area (Å²) in [6, 6.07) is 4.73. The fourth-order valence-corrected chi connectivity index (χ4v) is 1.97. The number of hydrogen-bond acceptors (Lipinski definition) is 2. The van der Waals surface area contributed by atoms with Crippen LogP contribution in [0.1, 0.15) is 26.0 Å². The van der Waals surface area contributed by atoms with Gasteiger partial charge in [-0.1, -0.05) is 6.92 Å². The molecule has 2 nitrogen and oxygen atoms in total. The minimum Gasteiger partial charge on any atom is -0.381 e. The van der Waals surface area contributed by atoms with Gasteiger partial charge in [0.25, 0.3) is 0 Å². The summed E-state index contributed by atoms with van der Waals surface area (Å²) >= 11 is 0. The molecule has 0 amide bonds. The van der Waals surface area contributed by atoms with E-state index in [9.17, 15) is 0 Å². The maximum atomic E-state index is 4.27. The second-order valence-corrected chi connectivity index (χ2v) is 4.50. The SMILES string of the molecule is Cc1ccc(NC(C)C2CC2C)cn1. The summed E-state index contributed by atoms with van der Waals surface area (Å²) < 4.78 is 0. The lowest BCUT2D eigenvalue weighted by Gasteiger charge is -2.14. The largest absolute Gasteiger partial charge is 0.381 e. The Bertz CT molecular complexity index is 305. The lowest BCUT2D eigenvalue weighted by Crippen LogP contribution is -2.18. The van der Waals surface area contributed by atoms with Crippen molar-refractivity contribution in [3.05, 3.63) is 24.0 Å². The van der Waals surface area contributed by atoms with Crippen LogP contribution < -0.4 is 5.32 Å². The molecule has 76 valence electrons. The van der Waals surface area contributed by atoms with E-state index in [0.29, 0.717) is 6.04 Å². The van der Waals surface area contributed by atoms with E-state index in [-0.39, 0.29) is 0 Å². The third-order valence-corrected chi connectivity index (χ3v) is 3.12. The Hall–Kier alpha value is -1.05. The van der Waals surface area contributed by atoms with E-state index >= 15 is 0 Å². The molecule has 3 atom stereocenters. The van der Waals surface area contributed by atoms with Crippen LogP contribution in [0.2, 0.25) is 0 Å². The van der Waals surface area contributed by atoms with Gasteiger partial charge in [-0.2, -0.15) is 0 Å². The second-order valence-electron chi connectivity index (χ2n) is 4.50. The predicted molar refractivity (Wildman–Crippen MR) is 59.3 cm³/mol. The topological polar surface area (TPSA) is 24.9 Å². The number of pyridine rings is 1. The third-order valence-electron chi connectivity index (χ3n) is 3.12. The molecule has 0 spiro atoms.